The van der Waals surface area contributed by atoms with E-state index in [9.17, 15) is 9.59 Å². The van der Waals surface area contributed by atoms with Crippen LogP contribution in [0.15, 0.2) is 41.0 Å². The fourth-order valence-electron chi connectivity index (χ4n) is 3.53. The highest BCUT2D eigenvalue weighted by Gasteiger charge is 2.28. The molecule has 0 aliphatic rings. The first-order valence-electron chi connectivity index (χ1n) is 11.8. The van der Waals surface area contributed by atoms with Gasteiger partial charge < -0.3 is 14.2 Å². The first kappa shape index (κ1) is 29.1. The van der Waals surface area contributed by atoms with Crippen LogP contribution >= 0.6 is 27.5 Å². The van der Waals surface area contributed by atoms with Crippen molar-refractivity contribution in [3.63, 3.8) is 0 Å². The fourth-order valence-corrected chi connectivity index (χ4v) is 4.25. The summed E-state index contributed by atoms with van der Waals surface area (Å²) in [6.07, 6.45) is 1.62. The van der Waals surface area contributed by atoms with E-state index in [2.05, 4.69) is 26.3 Å². The van der Waals surface area contributed by atoms with Gasteiger partial charge >= 0.3 is 5.97 Å². The van der Waals surface area contributed by atoms with Crippen LogP contribution in [0.1, 0.15) is 57.5 Å². The van der Waals surface area contributed by atoms with E-state index in [4.69, 9.17) is 25.8 Å². The number of hydrogen-bond acceptors (Lipinski definition) is 7. The number of hydrogen-bond donors (Lipinski definition) is 1. The molecule has 8 nitrogen and oxygen atoms in total. The van der Waals surface area contributed by atoms with Crippen molar-refractivity contribution in [1.29, 1.82) is 0 Å². The summed E-state index contributed by atoms with van der Waals surface area (Å²) in [4.78, 5) is 26.2. The number of esters is 1. The van der Waals surface area contributed by atoms with Gasteiger partial charge in [-0.15, -0.1) is 0 Å². The molecule has 0 saturated heterocycles. The van der Waals surface area contributed by atoms with E-state index in [1.807, 2.05) is 59.7 Å². The Labute approximate surface area is 230 Å². The number of benzene rings is 2. The zero-order valence-corrected chi connectivity index (χ0v) is 24.5. The van der Waals surface area contributed by atoms with Gasteiger partial charge in [0.05, 0.1) is 41.6 Å². The predicted molar refractivity (Wildman–Crippen MR) is 147 cm³/mol. The van der Waals surface area contributed by atoms with Gasteiger partial charge in [0.15, 0.2) is 0 Å². The number of aromatic nitrogens is 2. The standard InChI is InChI=1S/C27H33BrClN3O5/c1-26(2,3)36-15-21(25(34)37-27(4,5)6)30-13-16-11-20(29)17(12-23(16)35-7)24(33)32-22-10-8-9-19(28)18(22)14-31-32/h8-12,14,21,30H,13,15H2,1-7H3/t21-/m0/s1. The number of methoxy groups -OCH3 is 1. The van der Waals surface area contributed by atoms with E-state index in [0.717, 1.165) is 9.86 Å². The molecule has 2 aromatic carbocycles. The highest BCUT2D eigenvalue weighted by molar-refractivity contribution is 9.10. The molecule has 0 aliphatic heterocycles. The fraction of sp³-hybridized carbons (Fsp3) is 0.444. The first-order valence-corrected chi connectivity index (χ1v) is 13.0. The van der Waals surface area contributed by atoms with Crippen LogP contribution in [0.3, 0.4) is 0 Å². The second-order valence-electron chi connectivity index (χ2n) is 10.6. The molecule has 1 aromatic heterocycles. The molecule has 0 spiro atoms. The van der Waals surface area contributed by atoms with Gasteiger partial charge in [0.25, 0.3) is 5.91 Å². The molecule has 0 bridgehead atoms. The number of halogens is 2. The normalized spacial score (nSPS) is 13.0. The first-order chi connectivity index (χ1) is 17.2. The number of ether oxygens (including phenoxy) is 3. The molecule has 0 radical (unpaired) electrons. The van der Waals surface area contributed by atoms with Gasteiger partial charge in [0.2, 0.25) is 0 Å². The zero-order chi connectivity index (χ0) is 27.5. The molecule has 3 rings (SSSR count). The Morgan fingerprint density at radius 3 is 2.46 bits per heavy atom. The van der Waals surface area contributed by atoms with Crippen molar-refractivity contribution in [3.8, 4) is 5.75 Å². The quantitative estimate of drug-likeness (QED) is 0.331. The summed E-state index contributed by atoms with van der Waals surface area (Å²) in [5, 5.41) is 8.50. The maximum Gasteiger partial charge on any atom is 0.326 e. The van der Waals surface area contributed by atoms with Gasteiger partial charge in [-0.3, -0.25) is 14.9 Å². The third-order valence-corrected chi connectivity index (χ3v) is 6.27. The van der Waals surface area contributed by atoms with Crippen LogP contribution in [0.5, 0.6) is 5.75 Å². The average Bonchev–Trinajstić information content (AvgIpc) is 3.22. The van der Waals surface area contributed by atoms with Gasteiger partial charge in [-0.1, -0.05) is 33.6 Å². The average molecular weight is 595 g/mol. The number of nitrogens with one attached hydrogen (secondary N) is 1. The van der Waals surface area contributed by atoms with Crippen molar-refractivity contribution in [3.05, 3.63) is 57.2 Å². The second kappa shape index (κ2) is 11.5. The van der Waals surface area contributed by atoms with E-state index in [1.165, 1.54) is 11.8 Å². The third kappa shape index (κ3) is 7.54. The monoisotopic (exact) mass is 593 g/mol. The molecule has 1 atom stereocenters. The molecule has 1 heterocycles. The summed E-state index contributed by atoms with van der Waals surface area (Å²) in [7, 11) is 1.51. The predicted octanol–water partition coefficient (Wildman–Crippen LogP) is 5.76. The molecule has 0 aliphatic carbocycles. The Kier molecular flexibility index (Phi) is 9.06. The maximum absolute atomic E-state index is 13.4. The Morgan fingerprint density at radius 2 is 1.84 bits per heavy atom. The molecule has 37 heavy (non-hydrogen) atoms. The van der Waals surface area contributed by atoms with Crippen LogP contribution in [0.2, 0.25) is 5.02 Å². The Hall–Kier alpha value is -2.46. The van der Waals surface area contributed by atoms with Crippen molar-refractivity contribution in [2.75, 3.05) is 13.7 Å². The molecule has 0 unspecified atom stereocenters. The minimum absolute atomic E-state index is 0.118. The largest absolute Gasteiger partial charge is 0.496 e. The number of fused-ring (bicyclic) bond motifs is 1. The van der Waals surface area contributed by atoms with E-state index >= 15 is 0 Å². The number of nitrogens with zero attached hydrogens (tertiary/aromatic N) is 2. The van der Waals surface area contributed by atoms with Gasteiger partial charge in [0, 0.05) is 22.0 Å². The molecule has 3 aromatic rings. The van der Waals surface area contributed by atoms with E-state index in [-0.39, 0.29) is 29.6 Å². The highest BCUT2D eigenvalue weighted by atomic mass is 79.9. The summed E-state index contributed by atoms with van der Waals surface area (Å²) >= 11 is 10.0. The van der Waals surface area contributed by atoms with E-state index in [0.29, 0.717) is 16.8 Å². The molecule has 200 valence electrons. The van der Waals surface area contributed by atoms with E-state index < -0.39 is 23.2 Å². The maximum atomic E-state index is 13.4. The van der Waals surface area contributed by atoms with Crippen LogP contribution in [0, 0.1) is 0 Å². The second-order valence-corrected chi connectivity index (χ2v) is 11.8. The SMILES string of the molecule is COc1cc(C(=O)n2ncc3c(Br)cccc32)c(Cl)cc1CN[C@@H](COC(C)(C)C)C(=O)OC(C)(C)C. The molecule has 1 N–H and O–H groups in total. The minimum Gasteiger partial charge on any atom is -0.496 e. The molecule has 0 amide bonds. The molecule has 10 heteroatoms. The van der Waals surface area contributed by atoms with Crippen molar-refractivity contribution in [2.45, 2.75) is 65.3 Å². The lowest BCUT2D eigenvalue weighted by molar-refractivity contribution is -0.160. The Balaban J connectivity index is 1.86. The van der Waals surface area contributed by atoms with Gasteiger partial charge in [-0.2, -0.15) is 9.78 Å². The van der Waals surface area contributed by atoms with Gasteiger partial charge in [0.1, 0.15) is 17.4 Å². The minimum atomic E-state index is -0.725. The smallest absolute Gasteiger partial charge is 0.326 e. The summed E-state index contributed by atoms with van der Waals surface area (Å²) in [5.74, 6) is -0.371. The lowest BCUT2D eigenvalue weighted by Gasteiger charge is -2.27. The highest BCUT2D eigenvalue weighted by Crippen LogP contribution is 2.30. The topological polar surface area (TPSA) is 91.7 Å². The van der Waals surface area contributed by atoms with Crippen molar-refractivity contribution in [1.82, 2.24) is 15.1 Å². The van der Waals surface area contributed by atoms with Crippen molar-refractivity contribution in [2.24, 2.45) is 0 Å². The van der Waals surface area contributed by atoms with E-state index in [1.54, 1.807) is 18.3 Å². The molecular weight excluding hydrogens is 562 g/mol. The molecule has 0 saturated carbocycles. The lowest BCUT2D eigenvalue weighted by Crippen LogP contribution is -2.45. The summed E-state index contributed by atoms with van der Waals surface area (Å²) in [6.45, 7) is 11.5. The van der Waals surface area contributed by atoms with Gasteiger partial charge in [-0.25, -0.2) is 0 Å². The number of carbonyl (C=O) groups excluding carboxylic acids is 2. The summed E-state index contributed by atoms with van der Waals surface area (Å²) < 4.78 is 19.1. The van der Waals surface area contributed by atoms with Gasteiger partial charge in [-0.05, 0) is 65.8 Å². The van der Waals surface area contributed by atoms with Crippen LogP contribution in [0.25, 0.3) is 10.9 Å². The Morgan fingerprint density at radius 1 is 1.14 bits per heavy atom. The Bertz CT molecular complexity index is 1290. The molecule has 0 fully saturated rings. The van der Waals surface area contributed by atoms with Crippen LogP contribution in [0.4, 0.5) is 0 Å². The lowest BCUT2D eigenvalue weighted by atomic mass is 10.1. The summed E-state index contributed by atoms with van der Waals surface area (Å²) in [6, 6.07) is 8.04. The number of carbonyl (C=O) groups is 2. The number of rotatable bonds is 8. The van der Waals surface area contributed by atoms with Crippen molar-refractivity contribution >= 4 is 50.3 Å². The summed E-state index contributed by atoms with van der Waals surface area (Å²) in [5.41, 5.74) is 0.484. The van der Waals surface area contributed by atoms with Crippen LogP contribution in [-0.4, -0.2) is 52.6 Å². The zero-order valence-electron chi connectivity index (χ0n) is 22.1. The third-order valence-electron chi connectivity index (χ3n) is 5.27. The van der Waals surface area contributed by atoms with Crippen LogP contribution < -0.4 is 10.1 Å². The van der Waals surface area contributed by atoms with Crippen LogP contribution in [-0.2, 0) is 20.8 Å². The molecular formula is C27H33BrClN3O5. The van der Waals surface area contributed by atoms with Crippen molar-refractivity contribution < 1.29 is 23.8 Å².